The molecular formula is C13H27N3O2. The van der Waals surface area contributed by atoms with Crippen molar-refractivity contribution >= 4 is 6.09 Å². The standard InChI is InChI=1S/C13H27N3O2/c1-13(2,3)18-12(17)15-8-11-9-16(4)6-5-10(11)7-14/h10-11H,5-9,14H2,1-4H3,(H,15,17). The fourth-order valence-electron chi connectivity index (χ4n) is 2.33. The van der Waals surface area contributed by atoms with Crippen LogP contribution in [0.4, 0.5) is 4.79 Å². The van der Waals surface area contributed by atoms with Crippen LogP contribution in [-0.4, -0.2) is 49.8 Å². The molecule has 1 aliphatic heterocycles. The van der Waals surface area contributed by atoms with E-state index in [1.165, 1.54) is 0 Å². The van der Waals surface area contributed by atoms with Crippen molar-refractivity contribution < 1.29 is 9.53 Å². The lowest BCUT2D eigenvalue weighted by Crippen LogP contribution is -2.46. The third kappa shape index (κ3) is 5.23. The van der Waals surface area contributed by atoms with Crippen molar-refractivity contribution in [3.63, 3.8) is 0 Å². The zero-order valence-electron chi connectivity index (χ0n) is 12.0. The highest BCUT2D eigenvalue weighted by Gasteiger charge is 2.27. The Morgan fingerprint density at radius 3 is 2.67 bits per heavy atom. The molecule has 5 nitrogen and oxygen atoms in total. The molecule has 0 spiro atoms. The fourth-order valence-corrected chi connectivity index (χ4v) is 2.33. The molecule has 18 heavy (non-hydrogen) atoms. The van der Waals surface area contributed by atoms with Crippen molar-refractivity contribution in [2.24, 2.45) is 17.6 Å². The summed E-state index contributed by atoms with van der Waals surface area (Å²) >= 11 is 0. The topological polar surface area (TPSA) is 67.6 Å². The van der Waals surface area contributed by atoms with Crippen LogP contribution >= 0.6 is 0 Å². The SMILES string of the molecule is CN1CCC(CN)C(CNC(=O)OC(C)(C)C)C1. The lowest BCUT2D eigenvalue weighted by Gasteiger charge is -2.36. The molecule has 3 N–H and O–H groups in total. The number of piperidine rings is 1. The second-order valence-corrected chi connectivity index (χ2v) is 6.19. The Hall–Kier alpha value is -0.810. The summed E-state index contributed by atoms with van der Waals surface area (Å²) in [5, 5.41) is 2.85. The first-order chi connectivity index (χ1) is 8.31. The molecule has 1 heterocycles. The number of likely N-dealkylation sites (tertiary alicyclic amines) is 1. The molecule has 1 fully saturated rings. The molecule has 2 atom stereocenters. The Bertz CT molecular complexity index is 276. The summed E-state index contributed by atoms with van der Waals surface area (Å²) in [4.78, 5) is 13.9. The minimum absolute atomic E-state index is 0.341. The van der Waals surface area contributed by atoms with Gasteiger partial charge in [-0.2, -0.15) is 0 Å². The van der Waals surface area contributed by atoms with Crippen molar-refractivity contribution in [3.8, 4) is 0 Å². The highest BCUT2D eigenvalue weighted by Crippen LogP contribution is 2.21. The van der Waals surface area contributed by atoms with Crippen LogP contribution in [0, 0.1) is 11.8 Å². The number of amides is 1. The molecular weight excluding hydrogens is 230 g/mol. The van der Waals surface area contributed by atoms with E-state index >= 15 is 0 Å². The second-order valence-electron chi connectivity index (χ2n) is 6.19. The number of alkyl carbamates (subject to hydrolysis) is 1. The normalized spacial score (nSPS) is 25.8. The molecule has 0 saturated carbocycles. The number of hydrogen-bond donors (Lipinski definition) is 2. The predicted molar refractivity (Wildman–Crippen MR) is 72.4 cm³/mol. The molecule has 5 heteroatoms. The first-order valence-electron chi connectivity index (χ1n) is 6.67. The van der Waals surface area contributed by atoms with Gasteiger partial charge in [-0.3, -0.25) is 0 Å². The molecule has 2 unspecified atom stereocenters. The molecule has 1 amide bonds. The summed E-state index contributed by atoms with van der Waals surface area (Å²) in [5.41, 5.74) is 5.34. The lowest BCUT2D eigenvalue weighted by atomic mass is 9.85. The van der Waals surface area contributed by atoms with Crippen LogP contribution in [0.3, 0.4) is 0 Å². The van der Waals surface area contributed by atoms with Gasteiger partial charge in [-0.1, -0.05) is 0 Å². The first-order valence-corrected chi connectivity index (χ1v) is 6.67. The van der Waals surface area contributed by atoms with Crippen LogP contribution in [0.2, 0.25) is 0 Å². The Morgan fingerprint density at radius 2 is 2.11 bits per heavy atom. The Kier molecular flexibility index (Phi) is 5.41. The lowest BCUT2D eigenvalue weighted by molar-refractivity contribution is 0.0494. The summed E-state index contributed by atoms with van der Waals surface area (Å²) in [7, 11) is 2.10. The second kappa shape index (κ2) is 6.38. The first kappa shape index (κ1) is 15.2. The summed E-state index contributed by atoms with van der Waals surface area (Å²) in [6, 6.07) is 0. The van der Waals surface area contributed by atoms with E-state index in [1.807, 2.05) is 20.8 Å². The summed E-state index contributed by atoms with van der Waals surface area (Å²) < 4.78 is 5.23. The number of ether oxygens (including phenoxy) is 1. The summed E-state index contributed by atoms with van der Waals surface area (Å²) in [6.07, 6.45) is 0.764. The highest BCUT2D eigenvalue weighted by molar-refractivity contribution is 5.67. The molecule has 106 valence electrons. The number of nitrogens with zero attached hydrogens (tertiary/aromatic N) is 1. The van der Waals surface area contributed by atoms with Crippen molar-refractivity contribution in [1.82, 2.24) is 10.2 Å². The van der Waals surface area contributed by atoms with Gasteiger partial charge in [0.1, 0.15) is 5.60 Å². The van der Waals surface area contributed by atoms with E-state index in [4.69, 9.17) is 10.5 Å². The number of nitrogens with two attached hydrogens (primary N) is 1. The minimum Gasteiger partial charge on any atom is -0.444 e. The zero-order chi connectivity index (χ0) is 13.8. The van der Waals surface area contributed by atoms with E-state index in [-0.39, 0.29) is 6.09 Å². The van der Waals surface area contributed by atoms with Crippen LogP contribution in [0.1, 0.15) is 27.2 Å². The summed E-state index contributed by atoms with van der Waals surface area (Å²) in [6.45, 7) is 9.00. The van der Waals surface area contributed by atoms with Gasteiger partial charge in [0.05, 0.1) is 0 Å². The van der Waals surface area contributed by atoms with E-state index in [0.717, 1.165) is 19.5 Å². The Labute approximate surface area is 110 Å². The number of carbonyl (C=O) groups is 1. The van der Waals surface area contributed by atoms with Crippen molar-refractivity contribution in [2.75, 3.05) is 33.2 Å². The van der Waals surface area contributed by atoms with Gasteiger partial charge < -0.3 is 20.7 Å². The van der Waals surface area contributed by atoms with Gasteiger partial charge in [0.15, 0.2) is 0 Å². The van der Waals surface area contributed by atoms with Crippen LogP contribution in [-0.2, 0) is 4.74 Å². The maximum absolute atomic E-state index is 11.6. The van der Waals surface area contributed by atoms with E-state index in [2.05, 4.69) is 17.3 Å². The predicted octanol–water partition coefficient (Wildman–Crippen LogP) is 1.04. The van der Waals surface area contributed by atoms with Crippen LogP contribution in [0.25, 0.3) is 0 Å². The number of rotatable bonds is 3. The van der Waals surface area contributed by atoms with Crippen LogP contribution in [0.15, 0.2) is 0 Å². The maximum atomic E-state index is 11.6. The van der Waals surface area contributed by atoms with E-state index in [9.17, 15) is 4.79 Å². The maximum Gasteiger partial charge on any atom is 0.407 e. The molecule has 0 aliphatic carbocycles. The van der Waals surface area contributed by atoms with Crippen LogP contribution in [0.5, 0.6) is 0 Å². The van der Waals surface area contributed by atoms with Gasteiger partial charge in [-0.25, -0.2) is 4.79 Å². The number of nitrogens with one attached hydrogen (secondary N) is 1. The zero-order valence-corrected chi connectivity index (χ0v) is 12.0. The number of carbonyl (C=O) groups excluding carboxylic acids is 1. The average molecular weight is 257 g/mol. The fraction of sp³-hybridized carbons (Fsp3) is 0.923. The Balaban J connectivity index is 2.38. The molecule has 0 aromatic rings. The van der Waals surface area contributed by atoms with E-state index < -0.39 is 5.60 Å². The third-order valence-electron chi connectivity index (χ3n) is 3.30. The third-order valence-corrected chi connectivity index (χ3v) is 3.30. The highest BCUT2D eigenvalue weighted by atomic mass is 16.6. The molecule has 1 aliphatic rings. The van der Waals surface area contributed by atoms with Gasteiger partial charge in [-0.05, 0) is 59.2 Å². The molecule has 0 radical (unpaired) electrons. The Morgan fingerprint density at radius 1 is 1.44 bits per heavy atom. The molecule has 0 bridgehead atoms. The van der Waals surface area contributed by atoms with Crippen molar-refractivity contribution in [3.05, 3.63) is 0 Å². The largest absolute Gasteiger partial charge is 0.444 e. The van der Waals surface area contributed by atoms with Gasteiger partial charge >= 0.3 is 6.09 Å². The molecule has 0 aromatic carbocycles. The summed E-state index contributed by atoms with van der Waals surface area (Å²) in [5.74, 6) is 0.914. The molecule has 1 saturated heterocycles. The number of hydrogen-bond acceptors (Lipinski definition) is 4. The smallest absolute Gasteiger partial charge is 0.407 e. The minimum atomic E-state index is -0.444. The van der Waals surface area contributed by atoms with Gasteiger partial charge in [0.2, 0.25) is 0 Å². The van der Waals surface area contributed by atoms with Crippen LogP contribution < -0.4 is 11.1 Å². The van der Waals surface area contributed by atoms with Gasteiger partial charge in [0.25, 0.3) is 0 Å². The van der Waals surface area contributed by atoms with Crippen molar-refractivity contribution in [1.29, 1.82) is 0 Å². The monoisotopic (exact) mass is 257 g/mol. The molecule has 0 aromatic heterocycles. The van der Waals surface area contributed by atoms with E-state index in [1.54, 1.807) is 0 Å². The van der Waals surface area contributed by atoms with Gasteiger partial charge in [0, 0.05) is 13.1 Å². The van der Waals surface area contributed by atoms with Crippen molar-refractivity contribution in [2.45, 2.75) is 32.8 Å². The average Bonchev–Trinajstić information content (AvgIpc) is 2.24. The molecule has 1 rings (SSSR count). The quantitative estimate of drug-likeness (QED) is 0.792. The van der Waals surface area contributed by atoms with Gasteiger partial charge in [-0.15, -0.1) is 0 Å². The van der Waals surface area contributed by atoms with E-state index in [0.29, 0.717) is 24.9 Å².